The number of rotatable bonds is 1. The molecule has 68 valence electrons. The molecule has 1 aliphatic heterocycles. The van der Waals surface area contributed by atoms with Crippen LogP contribution in [0, 0.1) is 0 Å². The summed E-state index contributed by atoms with van der Waals surface area (Å²) < 4.78 is 27.9. The summed E-state index contributed by atoms with van der Waals surface area (Å²) in [6, 6.07) is 5.16. The lowest BCUT2D eigenvalue weighted by atomic mass is 10.2. The second-order valence-electron chi connectivity index (χ2n) is 2.73. The summed E-state index contributed by atoms with van der Waals surface area (Å²) in [6.07, 6.45) is 1.58. The van der Waals surface area contributed by atoms with Crippen LogP contribution in [-0.4, -0.2) is 15.5 Å². The van der Waals surface area contributed by atoms with Gasteiger partial charge in [-0.25, -0.2) is 8.42 Å². The van der Waals surface area contributed by atoms with Crippen molar-refractivity contribution in [2.24, 2.45) is 0 Å². The summed E-state index contributed by atoms with van der Waals surface area (Å²) in [7, 11) is -1.79. The van der Waals surface area contributed by atoms with Crippen molar-refractivity contribution in [3.8, 4) is 5.75 Å². The van der Waals surface area contributed by atoms with E-state index < -0.39 is 9.84 Å². The first kappa shape index (κ1) is 8.31. The van der Waals surface area contributed by atoms with Crippen LogP contribution >= 0.6 is 0 Å². The molecular weight excluding hydrogens is 188 g/mol. The summed E-state index contributed by atoms with van der Waals surface area (Å²) in [4.78, 5) is 0.275. The maximum atomic E-state index is 11.5. The number of fused-ring (bicyclic) bond motifs is 1. The molecule has 13 heavy (non-hydrogen) atoms. The summed E-state index contributed by atoms with van der Waals surface area (Å²) in [6.45, 7) is 0. The van der Waals surface area contributed by atoms with Crippen LogP contribution in [0.15, 0.2) is 28.5 Å². The van der Waals surface area contributed by atoms with E-state index in [0.29, 0.717) is 11.3 Å². The molecule has 0 aromatic heterocycles. The fraction of sp³-hybridized carbons (Fsp3) is 0.111. The zero-order valence-electron chi connectivity index (χ0n) is 7.02. The number of ether oxygens (including phenoxy) is 1. The molecule has 4 heteroatoms. The molecule has 1 heterocycles. The van der Waals surface area contributed by atoms with Crippen molar-refractivity contribution in [3.63, 3.8) is 0 Å². The van der Waals surface area contributed by atoms with E-state index in [0.717, 1.165) is 0 Å². The van der Waals surface area contributed by atoms with Gasteiger partial charge in [0.15, 0.2) is 0 Å². The van der Waals surface area contributed by atoms with E-state index in [2.05, 4.69) is 0 Å². The molecule has 0 saturated heterocycles. The zero-order valence-corrected chi connectivity index (χ0v) is 7.84. The summed E-state index contributed by atoms with van der Waals surface area (Å²) in [5.74, 6) is 0.405. The quantitative estimate of drug-likeness (QED) is 0.682. The van der Waals surface area contributed by atoms with Crippen molar-refractivity contribution in [2.45, 2.75) is 4.90 Å². The van der Waals surface area contributed by atoms with Crippen molar-refractivity contribution in [2.75, 3.05) is 7.11 Å². The molecule has 0 amide bonds. The highest BCUT2D eigenvalue weighted by Crippen LogP contribution is 2.34. The zero-order chi connectivity index (χ0) is 9.47. The second kappa shape index (κ2) is 2.60. The van der Waals surface area contributed by atoms with E-state index >= 15 is 0 Å². The monoisotopic (exact) mass is 196 g/mol. The third kappa shape index (κ3) is 1.14. The molecular formula is C9H8O3S. The van der Waals surface area contributed by atoms with E-state index in [1.165, 1.54) is 12.5 Å². The van der Waals surface area contributed by atoms with Crippen molar-refractivity contribution < 1.29 is 13.2 Å². The second-order valence-corrected chi connectivity index (χ2v) is 4.50. The summed E-state index contributed by atoms with van der Waals surface area (Å²) >= 11 is 0. The van der Waals surface area contributed by atoms with Crippen molar-refractivity contribution in [1.82, 2.24) is 0 Å². The molecule has 3 nitrogen and oxygen atoms in total. The van der Waals surface area contributed by atoms with E-state index in [4.69, 9.17) is 4.74 Å². The van der Waals surface area contributed by atoms with Gasteiger partial charge in [0.2, 0.25) is 9.84 Å². The van der Waals surface area contributed by atoms with Gasteiger partial charge in [0.25, 0.3) is 0 Å². The molecule has 0 aliphatic carbocycles. The maximum Gasteiger partial charge on any atom is 0.204 e. The molecule has 0 unspecified atom stereocenters. The molecule has 1 aliphatic rings. The number of hydrogen-bond donors (Lipinski definition) is 0. The van der Waals surface area contributed by atoms with Crippen LogP contribution in [0.2, 0.25) is 0 Å². The lowest BCUT2D eigenvalue weighted by Crippen LogP contribution is -1.97. The van der Waals surface area contributed by atoms with E-state index in [9.17, 15) is 8.42 Å². The van der Waals surface area contributed by atoms with Gasteiger partial charge < -0.3 is 4.74 Å². The Balaban J connectivity index is 2.79. The number of methoxy groups -OCH3 is 1. The smallest absolute Gasteiger partial charge is 0.204 e. The van der Waals surface area contributed by atoms with Crippen LogP contribution in [-0.2, 0) is 9.84 Å². The Morgan fingerprint density at radius 1 is 1.31 bits per heavy atom. The van der Waals surface area contributed by atoms with Crippen LogP contribution in [0.25, 0.3) is 6.08 Å². The minimum atomic E-state index is -3.25. The Bertz CT molecular complexity index is 472. The lowest BCUT2D eigenvalue weighted by molar-refractivity contribution is 0.403. The first-order valence-electron chi connectivity index (χ1n) is 3.75. The minimum absolute atomic E-state index is 0.275. The fourth-order valence-corrected chi connectivity index (χ4v) is 2.72. The molecule has 0 N–H and O–H groups in total. The fourth-order valence-electron chi connectivity index (χ4n) is 1.36. The highest BCUT2D eigenvalue weighted by atomic mass is 32.2. The molecule has 0 fully saturated rings. The molecule has 1 aromatic rings. The van der Waals surface area contributed by atoms with E-state index in [-0.39, 0.29) is 4.90 Å². The first-order chi connectivity index (χ1) is 6.15. The molecule has 0 atom stereocenters. The van der Waals surface area contributed by atoms with Gasteiger partial charge in [-0.1, -0.05) is 12.1 Å². The standard InChI is InChI=1S/C9H8O3S/c1-12-8-4-2-3-7-5-6-13(10,11)9(7)8/h2-6H,1H3. The summed E-state index contributed by atoms with van der Waals surface area (Å²) in [5.41, 5.74) is 0.694. The van der Waals surface area contributed by atoms with Gasteiger partial charge in [0.1, 0.15) is 10.6 Å². The highest BCUT2D eigenvalue weighted by molar-refractivity contribution is 7.95. The van der Waals surface area contributed by atoms with Crippen molar-refractivity contribution >= 4 is 15.9 Å². The third-order valence-electron chi connectivity index (χ3n) is 1.94. The van der Waals surface area contributed by atoms with Crippen LogP contribution in [0.3, 0.4) is 0 Å². The maximum absolute atomic E-state index is 11.5. The third-order valence-corrected chi connectivity index (χ3v) is 3.44. The van der Waals surface area contributed by atoms with Crippen LogP contribution in [0.4, 0.5) is 0 Å². The van der Waals surface area contributed by atoms with Gasteiger partial charge in [0.05, 0.1) is 7.11 Å². The van der Waals surface area contributed by atoms with Crippen molar-refractivity contribution in [3.05, 3.63) is 29.2 Å². The molecule has 0 spiro atoms. The number of benzene rings is 1. The lowest BCUT2D eigenvalue weighted by Gasteiger charge is -2.05. The van der Waals surface area contributed by atoms with Gasteiger partial charge in [-0.2, -0.15) is 0 Å². The molecule has 2 rings (SSSR count). The van der Waals surface area contributed by atoms with Gasteiger partial charge in [-0.3, -0.25) is 0 Å². The Kier molecular flexibility index (Phi) is 1.66. The van der Waals surface area contributed by atoms with Crippen LogP contribution < -0.4 is 4.74 Å². The molecule has 0 saturated carbocycles. The normalized spacial score (nSPS) is 17.0. The van der Waals surface area contributed by atoms with E-state index in [1.54, 1.807) is 24.3 Å². The van der Waals surface area contributed by atoms with Crippen molar-refractivity contribution in [1.29, 1.82) is 0 Å². The Labute approximate surface area is 76.6 Å². The largest absolute Gasteiger partial charge is 0.495 e. The Morgan fingerprint density at radius 2 is 2.08 bits per heavy atom. The summed E-state index contributed by atoms with van der Waals surface area (Å²) in [5, 5.41) is 1.19. The Hall–Kier alpha value is -1.29. The minimum Gasteiger partial charge on any atom is -0.495 e. The molecule has 0 bridgehead atoms. The first-order valence-corrected chi connectivity index (χ1v) is 5.30. The predicted octanol–water partition coefficient (Wildman–Crippen LogP) is 1.45. The van der Waals surface area contributed by atoms with Gasteiger partial charge in [-0.15, -0.1) is 0 Å². The molecule has 0 radical (unpaired) electrons. The van der Waals surface area contributed by atoms with Gasteiger partial charge in [0, 0.05) is 5.41 Å². The van der Waals surface area contributed by atoms with Gasteiger partial charge >= 0.3 is 0 Å². The van der Waals surface area contributed by atoms with Crippen LogP contribution in [0.5, 0.6) is 5.75 Å². The van der Waals surface area contributed by atoms with E-state index in [1.807, 2.05) is 0 Å². The van der Waals surface area contributed by atoms with Gasteiger partial charge in [-0.05, 0) is 17.7 Å². The highest BCUT2D eigenvalue weighted by Gasteiger charge is 2.24. The van der Waals surface area contributed by atoms with Crippen LogP contribution in [0.1, 0.15) is 5.56 Å². The Morgan fingerprint density at radius 3 is 2.77 bits per heavy atom. The average Bonchev–Trinajstić information content (AvgIpc) is 2.43. The topological polar surface area (TPSA) is 43.4 Å². The SMILES string of the molecule is COc1cccc2c1S(=O)(=O)C=C2. The number of sulfone groups is 1. The molecule has 1 aromatic carbocycles. The average molecular weight is 196 g/mol. The number of hydrogen-bond acceptors (Lipinski definition) is 3. The predicted molar refractivity (Wildman–Crippen MR) is 49.2 cm³/mol.